The van der Waals surface area contributed by atoms with Crippen LogP contribution in [0.1, 0.15) is 127 Å². The Hall–Kier alpha value is -2.56. The second kappa shape index (κ2) is 18.7. The van der Waals surface area contributed by atoms with Crippen molar-refractivity contribution in [2.24, 2.45) is 23.5 Å². The second-order valence-electron chi connectivity index (χ2n) is 11.1. The molecule has 2 N–H and O–H groups in total. The predicted octanol–water partition coefficient (Wildman–Crippen LogP) is 8.50. The van der Waals surface area contributed by atoms with E-state index < -0.39 is 11.7 Å². The molecule has 1 amide bonds. The second-order valence-corrected chi connectivity index (χ2v) is 11.1. The van der Waals surface area contributed by atoms with Crippen LogP contribution in [-0.4, -0.2) is 17.5 Å². The number of hydrogen-bond donors (Lipinski definition) is 1. The number of primary amides is 1. The Morgan fingerprint density at radius 2 is 1.76 bits per heavy atom. The summed E-state index contributed by atoms with van der Waals surface area (Å²) in [6.45, 7) is 11.2. The third-order valence-corrected chi connectivity index (χ3v) is 7.48. The van der Waals surface area contributed by atoms with Gasteiger partial charge in [0.1, 0.15) is 17.4 Å². The molecular formula is C33H50FNO3. The first-order chi connectivity index (χ1) is 18.1. The van der Waals surface area contributed by atoms with Crippen LogP contribution in [0.5, 0.6) is 0 Å². The van der Waals surface area contributed by atoms with Crippen LogP contribution in [0.3, 0.4) is 0 Å². The quantitative estimate of drug-likeness (QED) is 0.344. The molecule has 38 heavy (non-hydrogen) atoms. The van der Waals surface area contributed by atoms with Crippen molar-refractivity contribution < 1.29 is 18.8 Å². The van der Waals surface area contributed by atoms with Crippen molar-refractivity contribution in [3.05, 3.63) is 60.0 Å². The summed E-state index contributed by atoms with van der Waals surface area (Å²) in [5.41, 5.74) is 5.86. The van der Waals surface area contributed by atoms with E-state index in [1.165, 1.54) is 38.2 Å². The van der Waals surface area contributed by atoms with E-state index in [0.717, 1.165) is 44.4 Å². The molecular weight excluding hydrogens is 477 g/mol. The van der Waals surface area contributed by atoms with E-state index in [2.05, 4.69) is 32.6 Å². The zero-order chi connectivity index (χ0) is 28.5. The number of ketones is 2. The fourth-order valence-corrected chi connectivity index (χ4v) is 5.42. The number of halogens is 1. The zero-order valence-corrected chi connectivity index (χ0v) is 24.1. The Kier molecular flexibility index (Phi) is 16.4. The molecule has 0 saturated heterocycles. The number of allylic oxidation sites excluding steroid dienone is 3. The first-order valence-corrected chi connectivity index (χ1v) is 14.4. The summed E-state index contributed by atoms with van der Waals surface area (Å²) in [4.78, 5) is 32.2. The Balaban J connectivity index is 0.000000351. The van der Waals surface area contributed by atoms with Gasteiger partial charge in [-0.25, -0.2) is 4.39 Å². The normalized spacial score (nSPS) is 22.3. The molecule has 1 fully saturated rings. The number of nitrogens with two attached hydrogens (primary N) is 1. The van der Waals surface area contributed by atoms with Gasteiger partial charge in [0, 0.05) is 12.8 Å². The maximum Gasteiger partial charge on any atom is 0.251 e. The number of carbonyl (C=O) groups excluding carboxylic acids is 3. The van der Waals surface area contributed by atoms with Crippen molar-refractivity contribution >= 4 is 17.5 Å². The minimum absolute atomic E-state index is 0.00220. The van der Waals surface area contributed by atoms with Gasteiger partial charge in [-0.1, -0.05) is 76.3 Å². The number of hydrogen-bond acceptors (Lipinski definition) is 3. The standard InChI is InChI=1S/C18H24FNO.C9H16O.C6H10O/c1-3-13-6-4-7-14(11-12(2)10-13)15-8-5-9-16(17(15)19)18(20)21;1-8(10)7-9-5-3-2-4-6-9;1-3-4-5-6(2)7/h4-6,8-9,12-14H,3,7,10-11H2,1-2H3,(H2,20,21);9H,2-7H2,1H3;3H,1,4-5H2,2H3/b6-4-;;/t12?,13-,14?;;/m0../s1. The van der Waals surface area contributed by atoms with Crippen molar-refractivity contribution in [2.75, 3.05) is 0 Å². The number of rotatable bonds is 8. The lowest BCUT2D eigenvalue weighted by Crippen LogP contribution is -2.17. The molecule has 0 spiro atoms. The molecule has 1 aromatic carbocycles. The van der Waals surface area contributed by atoms with E-state index in [1.807, 2.05) is 0 Å². The number of Topliss-reactive ketones (excluding diaryl/α,β-unsaturated/α-hetero) is 2. The van der Waals surface area contributed by atoms with Crippen molar-refractivity contribution in [3.8, 4) is 0 Å². The van der Waals surface area contributed by atoms with Crippen LogP contribution in [0.15, 0.2) is 43.0 Å². The van der Waals surface area contributed by atoms with Gasteiger partial charge in [0.15, 0.2) is 0 Å². The van der Waals surface area contributed by atoms with Gasteiger partial charge in [0.2, 0.25) is 0 Å². The summed E-state index contributed by atoms with van der Waals surface area (Å²) in [7, 11) is 0. The Labute approximate surface area is 230 Å². The highest BCUT2D eigenvalue weighted by atomic mass is 19.1. The molecule has 3 rings (SSSR count). The lowest BCUT2D eigenvalue weighted by molar-refractivity contribution is -0.118. The summed E-state index contributed by atoms with van der Waals surface area (Å²) in [6.07, 6.45) is 19.2. The Bertz CT molecular complexity index is 917. The molecule has 2 unspecified atom stereocenters. The molecule has 0 radical (unpaired) electrons. The van der Waals surface area contributed by atoms with Crippen LogP contribution < -0.4 is 5.73 Å². The van der Waals surface area contributed by atoms with Crippen LogP contribution >= 0.6 is 0 Å². The summed E-state index contributed by atoms with van der Waals surface area (Å²) < 4.78 is 14.5. The number of carbonyl (C=O) groups is 3. The van der Waals surface area contributed by atoms with E-state index in [1.54, 1.807) is 32.1 Å². The van der Waals surface area contributed by atoms with Gasteiger partial charge in [0.25, 0.3) is 5.91 Å². The molecule has 0 heterocycles. The van der Waals surface area contributed by atoms with Crippen LogP contribution in [-0.2, 0) is 9.59 Å². The molecule has 3 atom stereocenters. The average molecular weight is 528 g/mol. The van der Waals surface area contributed by atoms with Gasteiger partial charge in [-0.2, -0.15) is 0 Å². The summed E-state index contributed by atoms with van der Waals surface area (Å²) in [5, 5.41) is 0. The molecule has 2 aliphatic carbocycles. The topological polar surface area (TPSA) is 77.2 Å². The van der Waals surface area contributed by atoms with Gasteiger partial charge >= 0.3 is 0 Å². The molecule has 212 valence electrons. The number of amides is 1. The molecule has 1 saturated carbocycles. The average Bonchev–Trinajstić information content (AvgIpc) is 2.86. The first-order valence-electron chi connectivity index (χ1n) is 14.4. The van der Waals surface area contributed by atoms with Crippen molar-refractivity contribution in [1.29, 1.82) is 0 Å². The highest BCUT2D eigenvalue weighted by molar-refractivity contribution is 5.93. The highest BCUT2D eigenvalue weighted by Crippen LogP contribution is 2.35. The van der Waals surface area contributed by atoms with Crippen LogP contribution in [0.2, 0.25) is 0 Å². The molecule has 0 aliphatic heterocycles. The third kappa shape index (κ3) is 13.3. The van der Waals surface area contributed by atoms with E-state index in [-0.39, 0.29) is 17.3 Å². The maximum absolute atomic E-state index is 14.5. The van der Waals surface area contributed by atoms with Crippen LogP contribution in [0, 0.1) is 23.6 Å². The molecule has 5 heteroatoms. The van der Waals surface area contributed by atoms with Crippen molar-refractivity contribution in [3.63, 3.8) is 0 Å². The fraction of sp³-hybridized carbons (Fsp3) is 0.606. The molecule has 1 aromatic rings. The van der Waals surface area contributed by atoms with E-state index in [0.29, 0.717) is 29.6 Å². The Morgan fingerprint density at radius 1 is 1.08 bits per heavy atom. The minimum atomic E-state index is -0.699. The minimum Gasteiger partial charge on any atom is -0.366 e. The smallest absolute Gasteiger partial charge is 0.251 e. The maximum atomic E-state index is 14.5. The van der Waals surface area contributed by atoms with Crippen molar-refractivity contribution in [2.45, 2.75) is 111 Å². The molecule has 0 aromatic heterocycles. The third-order valence-electron chi connectivity index (χ3n) is 7.48. The lowest BCUT2D eigenvalue weighted by atomic mass is 9.79. The summed E-state index contributed by atoms with van der Waals surface area (Å²) >= 11 is 0. The predicted molar refractivity (Wildman–Crippen MR) is 156 cm³/mol. The van der Waals surface area contributed by atoms with E-state index in [9.17, 15) is 18.8 Å². The largest absolute Gasteiger partial charge is 0.366 e. The Morgan fingerprint density at radius 3 is 2.29 bits per heavy atom. The van der Waals surface area contributed by atoms with E-state index >= 15 is 0 Å². The van der Waals surface area contributed by atoms with E-state index in [4.69, 9.17) is 5.73 Å². The van der Waals surface area contributed by atoms with Crippen molar-refractivity contribution in [1.82, 2.24) is 0 Å². The highest BCUT2D eigenvalue weighted by Gasteiger charge is 2.23. The summed E-state index contributed by atoms with van der Waals surface area (Å²) in [5.74, 6) is 1.48. The SMILES string of the molecule is C=CCCC(C)=O.CC(=O)CC1CCCCC1.CC[C@H]1/C=C\CC(c2cccc(C(N)=O)c2F)CC(C)C1. The first kappa shape index (κ1) is 33.5. The van der Waals surface area contributed by atoms with Gasteiger partial charge in [-0.15, -0.1) is 6.58 Å². The molecule has 4 nitrogen and oxygen atoms in total. The monoisotopic (exact) mass is 527 g/mol. The van der Waals surface area contributed by atoms with Crippen LogP contribution in [0.25, 0.3) is 0 Å². The van der Waals surface area contributed by atoms with Gasteiger partial charge in [0.05, 0.1) is 5.56 Å². The molecule has 2 aliphatic rings. The van der Waals surface area contributed by atoms with Gasteiger partial charge in [-0.3, -0.25) is 4.79 Å². The van der Waals surface area contributed by atoms with Crippen LogP contribution in [0.4, 0.5) is 4.39 Å². The molecule has 0 bridgehead atoms. The van der Waals surface area contributed by atoms with Gasteiger partial charge in [-0.05, 0) is 81.3 Å². The van der Waals surface area contributed by atoms with Gasteiger partial charge < -0.3 is 15.3 Å². The fourth-order valence-electron chi connectivity index (χ4n) is 5.42. The summed E-state index contributed by atoms with van der Waals surface area (Å²) in [6, 6.07) is 4.96. The zero-order valence-electron chi connectivity index (χ0n) is 24.1. The lowest BCUT2D eigenvalue weighted by Gasteiger charge is -2.26. The number of benzene rings is 1.